The number of aromatic nitrogens is 2. The number of anilines is 2. The van der Waals surface area contributed by atoms with E-state index in [4.69, 9.17) is 17.3 Å². The van der Waals surface area contributed by atoms with Crippen molar-refractivity contribution in [1.82, 2.24) is 10.2 Å². The predicted octanol–water partition coefficient (Wildman–Crippen LogP) is 3.22. The second-order valence-electron chi connectivity index (χ2n) is 4.29. The fourth-order valence-corrected chi connectivity index (χ4v) is 1.99. The first-order valence-electron chi connectivity index (χ1n) is 5.68. The number of aromatic amines is 1. The summed E-state index contributed by atoms with van der Waals surface area (Å²) in [6.45, 7) is 1.57. The summed E-state index contributed by atoms with van der Waals surface area (Å²) in [5.74, 6) is -0.711. The molecule has 1 aromatic heterocycles. The third-order valence-corrected chi connectivity index (χ3v) is 2.90. The van der Waals surface area contributed by atoms with Crippen molar-refractivity contribution in [2.24, 2.45) is 0 Å². The number of H-pyrrole nitrogens is 1. The number of alkyl halides is 3. The van der Waals surface area contributed by atoms with Crippen molar-refractivity contribution in [2.75, 3.05) is 11.1 Å². The minimum atomic E-state index is -4.56. The number of rotatable bonds is 2. The van der Waals surface area contributed by atoms with Crippen LogP contribution in [0.3, 0.4) is 0 Å². The predicted molar refractivity (Wildman–Crippen MR) is 72.1 cm³/mol. The van der Waals surface area contributed by atoms with Gasteiger partial charge >= 0.3 is 6.18 Å². The molecule has 0 saturated heterocycles. The van der Waals surface area contributed by atoms with Gasteiger partial charge in [0, 0.05) is 16.4 Å². The lowest BCUT2D eigenvalue weighted by atomic mass is 10.1. The maximum absolute atomic E-state index is 12.7. The summed E-state index contributed by atoms with van der Waals surface area (Å²) in [5.41, 5.74) is 4.95. The van der Waals surface area contributed by atoms with Gasteiger partial charge in [-0.05, 0) is 25.1 Å². The number of nitrogens with two attached hydrogens (primary N) is 1. The minimum absolute atomic E-state index is 0.0388. The zero-order valence-corrected chi connectivity index (χ0v) is 11.4. The van der Waals surface area contributed by atoms with Gasteiger partial charge in [-0.1, -0.05) is 11.6 Å². The Morgan fingerprint density at radius 1 is 1.38 bits per heavy atom. The molecule has 0 atom stereocenters. The summed E-state index contributed by atoms with van der Waals surface area (Å²) < 4.78 is 38.0. The number of hydrogen-bond donors (Lipinski definition) is 3. The highest BCUT2D eigenvalue weighted by atomic mass is 35.5. The van der Waals surface area contributed by atoms with E-state index in [0.29, 0.717) is 5.69 Å². The highest BCUT2D eigenvalue weighted by Gasteiger charge is 2.31. The molecule has 0 aliphatic rings. The molecule has 0 saturated carbocycles. The highest BCUT2D eigenvalue weighted by Crippen LogP contribution is 2.33. The lowest BCUT2D eigenvalue weighted by Gasteiger charge is -2.11. The maximum Gasteiger partial charge on any atom is 0.416 e. The monoisotopic (exact) mass is 318 g/mol. The number of carbonyl (C=O) groups excluding carboxylic acids is 1. The molecular formula is C12H10ClF3N4O. The van der Waals surface area contributed by atoms with Crippen LogP contribution in [-0.4, -0.2) is 16.1 Å². The molecule has 9 heteroatoms. The number of nitrogen functional groups attached to an aromatic ring is 1. The zero-order chi connectivity index (χ0) is 15.8. The van der Waals surface area contributed by atoms with Gasteiger partial charge in [-0.3, -0.25) is 9.89 Å². The van der Waals surface area contributed by atoms with Crippen LogP contribution in [0.2, 0.25) is 5.02 Å². The van der Waals surface area contributed by atoms with Crippen molar-refractivity contribution in [3.63, 3.8) is 0 Å². The number of carbonyl (C=O) groups is 1. The van der Waals surface area contributed by atoms with Gasteiger partial charge in [0.1, 0.15) is 5.56 Å². The number of nitrogens with zero attached hydrogens (tertiary/aromatic N) is 1. The molecule has 1 heterocycles. The molecule has 112 valence electrons. The Labute approximate surface area is 122 Å². The van der Waals surface area contributed by atoms with Gasteiger partial charge in [0.15, 0.2) is 5.82 Å². The van der Waals surface area contributed by atoms with Crippen LogP contribution in [0.15, 0.2) is 18.2 Å². The summed E-state index contributed by atoms with van der Waals surface area (Å²) in [6.07, 6.45) is -4.56. The van der Waals surface area contributed by atoms with Crippen molar-refractivity contribution >= 4 is 29.0 Å². The molecule has 2 rings (SSSR count). The van der Waals surface area contributed by atoms with E-state index in [-0.39, 0.29) is 22.1 Å². The van der Waals surface area contributed by atoms with Crippen LogP contribution >= 0.6 is 11.6 Å². The molecule has 0 aliphatic heterocycles. The SMILES string of the molecule is Cc1[nH]nc(N)c1C(=O)Nc1cc(Cl)cc(C(F)(F)F)c1. The first-order valence-corrected chi connectivity index (χ1v) is 6.06. The fourth-order valence-electron chi connectivity index (χ4n) is 1.75. The van der Waals surface area contributed by atoms with Crippen LogP contribution in [0.5, 0.6) is 0 Å². The minimum Gasteiger partial charge on any atom is -0.382 e. The average Bonchev–Trinajstić information content (AvgIpc) is 2.67. The van der Waals surface area contributed by atoms with E-state index < -0.39 is 17.6 Å². The molecule has 1 aromatic carbocycles. The van der Waals surface area contributed by atoms with Crippen LogP contribution in [0.1, 0.15) is 21.6 Å². The Hall–Kier alpha value is -2.22. The maximum atomic E-state index is 12.7. The summed E-state index contributed by atoms with van der Waals surface area (Å²) >= 11 is 5.63. The Morgan fingerprint density at radius 3 is 2.57 bits per heavy atom. The van der Waals surface area contributed by atoms with Gasteiger partial charge in [0.2, 0.25) is 0 Å². The molecule has 21 heavy (non-hydrogen) atoms. The topological polar surface area (TPSA) is 83.8 Å². The second kappa shape index (κ2) is 5.28. The van der Waals surface area contributed by atoms with Crippen LogP contribution in [0.4, 0.5) is 24.7 Å². The Kier molecular flexibility index (Phi) is 3.82. The summed E-state index contributed by atoms with van der Waals surface area (Å²) in [5, 5.41) is 8.32. The lowest BCUT2D eigenvalue weighted by Crippen LogP contribution is -2.15. The van der Waals surface area contributed by atoms with E-state index in [1.54, 1.807) is 6.92 Å². The van der Waals surface area contributed by atoms with E-state index in [9.17, 15) is 18.0 Å². The Morgan fingerprint density at radius 2 is 2.05 bits per heavy atom. The second-order valence-corrected chi connectivity index (χ2v) is 4.73. The third kappa shape index (κ3) is 3.27. The van der Waals surface area contributed by atoms with Gasteiger partial charge < -0.3 is 11.1 Å². The van der Waals surface area contributed by atoms with Gasteiger partial charge in [0.25, 0.3) is 5.91 Å². The summed E-state index contributed by atoms with van der Waals surface area (Å²) in [4.78, 5) is 12.0. The van der Waals surface area contributed by atoms with Gasteiger partial charge in [-0.2, -0.15) is 18.3 Å². The van der Waals surface area contributed by atoms with Crippen LogP contribution in [0, 0.1) is 6.92 Å². The van der Waals surface area contributed by atoms with Gasteiger partial charge in [-0.15, -0.1) is 0 Å². The normalized spacial score (nSPS) is 11.5. The molecule has 4 N–H and O–H groups in total. The first-order chi connectivity index (χ1) is 9.68. The Bertz CT molecular complexity index is 677. The average molecular weight is 319 g/mol. The smallest absolute Gasteiger partial charge is 0.382 e. The van der Waals surface area contributed by atoms with Crippen molar-refractivity contribution in [3.05, 3.63) is 40.0 Å². The van der Waals surface area contributed by atoms with Crippen LogP contribution in [-0.2, 0) is 6.18 Å². The van der Waals surface area contributed by atoms with Crippen molar-refractivity contribution in [1.29, 1.82) is 0 Å². The number of amides is 1. The standard InChI is InChI=1S/C12H10ClF3N4O/c1-5-9(10(17)20-19-5)11(21)18-8-3-6(12(14,15)16)2-7(13)4-8/h2-4H,1H3,(H,18,21)(H3,17,19,20). The van der Waals surface area contributed by atoms with E-state index in [0.717, 1.165) is 12.1 Å². The number of nitrogens with one attached hydrogen (secondary N) is 2. The molecule has 0 fully saturated rings. The van der Waals surface area contributed by atoms with E-state index >= 15 is 0 Å². The number of halogens is 4. The lowest BCUT2D eigenvalue weighted by molar-refractivity contribution is -0.137. The van der Waals surface area contributed by atoms with E-state index in [1.807, 2.05) is 0 Å². The third-order valence-electron chi connectivity index (χ3n) is 2.69. The summed E-state index contributed by atoms with van der Waals surface area (Å²) in [6, 6.07) is 2.77. The van der Waals surface area contributed by atoms with Crippen molar-refractivity contribution in [2.45, 2.75) is 13.1 Å². The quantitative estimate of drug-likeness (QED) is 0.795. The summed E-state index contributed by atoms with van der Waals surface area (Å²) in [7, 11) is 0. The molecule has 0 unspecified atom stereocenters. The van der Waals surface area contributed by atoms with Gasteiger partial charge in [-0.25, -0.2) is 0 Å². The number of benzene rings is 1. The van der Waals surface area contributed by atoms with E-state index in [1.165, 1.54) is 6.07 Å². The molecule has 0 bridgehead atoms. The van der Waals surface area contributed by atoms with E-state index in [2.05, 4.69) is 15.5 Å². The molecular weight excluding hydrogens is 309 g/mol. The molecule has 1 amide bonds. The fraction of sp³-hybridized carbons (Fsp3) is 0.167. The molecule has 5 nitrogen and oxygen atoms in total. The first kappa shape index (κ1) is 15.2. The van der Waals surface area contributed by atoms with Crippen molar-refractivity contribution in [3.8, 4) is 0 Å². The van der Waals surface area contributed by atoms with Crippen molar-refractivity contribution < 1.29 is 18.0 Å². The number of hydrogen-bond acceptors (Lipinski definition) is 3. The largest absolute Gasteiger partial charge is 0.416 e. The molecule has 0 aliphatic carbocycles. The molecule has 2 aromatic rings. The van der Waals surface area contributed by atoms with Crippen LogP contribution < -0.4 is 11.1 Å². The Balaban J connectivity index is 2.32. The zero-order valence-electron chi connectivity index (χ0n) is 10.7. The van der Waals surface area contributed by atoms with Crippen LogP contribution in [0.25, 0.3) is 0 Å². The number of aryl methyl sites for hydroxylation is 1. The molecule has 0 radical (unpaired) electrons. The highest BCUT2D eigenvalue weighted by molar-refractivity contribution is 6.31. The van der Waals surface area contributed by atoms with Gasteiger partial charge in [0.05, 0.1) is 5.56 Å². The molecule has 0 spiro atoms.